The summed E-state index contributed by atoms with van der Waals surface area (Å²) in [5.41, 5.74) is 1.83. The molecule has 6 nitrogen and oxygen atoms in total. The third-order valence-electron chi connectivity index (χ3n) is 5.08. The van der Waals surface area contributed by atoms with E-state index in [2.05, 4.69) is 22.2 Å². The van der Waals surface area contributed by atoms with Gasteiger partial charge in [-0.3, -0.25) is 9.59 Å². The summed E-state index contributed by atoms with van der Waals surface area (Å²) in [4.78, 5) is 30.9. The van der Waals surface area contributed by atoms with E-state index in [1.54, 1.807) is 4.90 Å². The molecule has 1 aromatic rings. The van der Waals surface area contributed by atoms with Crippen LogP contribution in [0, 0.1) is 0 Å². The smallest absolute Gasteiger partial charge is 0.313 e. The molecule has 25 heavy (non-hydrogen) atoms. The molecule has 2 aliphatic rings. The fourth-order valence-corrected chi connectivity index (χ4v) is 3.42. The standard InChI is InChI=1S/C19H28N4O2/c1-21-12-14-22(15-13-21)17-8-6-16(7-9-17)20-18(24)19(25)23-10-4-2-3-5-11-23/h6-9H,2-5,10-15H2,1H3,(H,20,24). The number of hydrogen-bond donors (Lipinski definition) is 1. The summed E-state index contributed by atoms with van der Waals surface area (Å²) in [7, 11) is 2.14. The van der Waals surface area contributed by atoms with Crippen molar-refractivity contribution < 1.29 is 9.59 Å². The monoisotopic (exact) mass is 344 g/mol. The molecule has 0 radical (unpaired) electrons. The first kappa shape index (κ1) is 17.7. The zero-order chi connectivity index (χ0) is 17.6. The molecule has 0 saturated carbocycles. The molecule has 0 spiro atoms. The van der Waals surface area contributed by atoms with Gasteiger partial charge < -0.3 is 20.0 Å². The van der Waals surface area contributed by atoms with Crippen molar-refractivity contribution in [2.75, 3.05) is 56.5 Å². The lowest BCUT2D eigenvalue weighted by Gasteiger charge is -2.34. The lowest BCUT2D eigenvalue weighted by molar-refractivity contribution is -0.143. The van der Waals surface area contributed by atoms with Gasteiger partial charge in [-0.1, -0.05) is 12.8 Å². The largest absolute Gasteiger partial charge is 0.369 e. The Hall–Kier alpha value is -2.08. The highest BCUT2D eigenvalue weighted by molar-refractivity contribution is 6.39. The van der Waals surface area contributed by atoms with Gasteiger partial charge in [-0.05, 0) is 44.2 Å². The van der Waals surface area contributed by atoms with E-state index in [1.165, 1.54) is 0 Å². The van der Waals surface area contributed by atoms with Gasteiger partial charge in [0.2, 0.25) is 0 Å². The molecule has 136 valence electrons. The van der Waals surface area contributed by atoms with Gasteiger partial charge in [-0.15, -0.1) is 0 Å². The maximum Gasteiger partial charge on any atom is 0.313 e. The van der Waals surface area contributed by atoms with E-state index in [1.807, 2.05) is 24.3 Å². The zero-order valence-corrected chi connectivity index (χ0v) is 15.0. The average molecular weight is 344 g/mol. The molecule has 2 heterocycles. The first-order chi connectivity index (χ1) is 12.1. The zero-order valence-electron chi connectivity index (χ0n) is 15.0. The van der Waals surface area contributed by atoms with Crippen LogP contribution in [0.1, 0.15) is 25.7 Å². The van der Waals surface area contributed by atoms with Gasteiger partial charge in [0.15, 0.2) is 0 Å². The summed E-state index contributed by atoms with van der Waals surface area (Å²) in [5.74, 6) is -0.945. The number of nitrogens with zero attached hydrogens (tertiary/aromatic N) is 3. The van der Waals surface area contributed by atoms with E-state index < -0.39 is 11.8 Å². The molecule has 0 bridgehead atoms. The number of benzene rings is 1. The number of likely N-dealkylation sites (tertiary alicyclic amines) is 1. The van der Waals surface area contributed by atoms with Crippen LogP contribution >= 0.6 is 0 Å². The Morgan fingerprint density at radius 3 is 2.04 bits per heavy atom. The third-order valence-corrected chi connectivity index (χ3v) is 5.08. The summed E-state index contributed by atoms with van der Waals surface area (Å²) < 4.78 is 0. The highest BCUT2D eigenvalue weighted by Crippen LogP contribution is 2.19. The number of amides is 2. The van der Waals surface area contributed by atoms with Crippen LogP contribution in [0.15, 0.2) is 24.3 Å². The van der Waals surface area contributed by atoms with Crippen molar-refractivity contribution in [2.45, 2.75) is 25.7 Å². The Labute approximate surface area is 149 Å². The number of nitrogens with one attached hydrogen (secondary N) is 1. The highest BCUT2D eigenvalue weighted by atomic mass is 16.2. The minimum atomic E-state index is -0.533. The number of carbonyl (C=O) groups excluding carboxylic acids is 2. The molecule has 0 atom stereocenters. The van der Waals surface area contributed by atoms with Crippen molar-refractivity contribution >= 4 is 23.2 Å². The van der Waals surface area contributed by atoms with Gasteiger partial charge in [0, 0.05) is 50.6 Å². The molecule has 3 rings (SSSR count). The second-order valence-electron chi connectivity index (χ2n) is 7.00. The molecule has 0 aliphatic carbocycles. The number of carbonyl (C=O) groups is 2. The normalized spacial score (nSPS) is 19.4. The highest BCUT2D eigenvalue weighted by Gasteiger charge is 2.22. The van der Waals surface area contributed by atoms with Gasteiger partial charge in [-0.2, -0.15) is 0 Å². The maximum absolute atomic E-state index is 12.3. The van der Waals surface area contributed by atoms with E-state index >= 15 is 0 Å². The van der Waals surface area contributed by atoms with Crippen molar-refractivity contribution in [1.82, 2.24) is 9.80 Å². The fourth-order valence-electron chi connectivity index (χ4n) is 3.42. The molecule has 0 aromatic heterocycles. The predicted molar refractivity (Wildman–Crippen MR) is 99.8 cm³/mol. The molecule has 2 aliphatic heterocycles. The lowest BCUT2D eigenvalue weighted by atomic mass is 10.2. The van der Waals surface area contributed by atoms with E-state index in [0.29, 0.717) is 18.8 Å². The maximum atomic E-state index is 12.3. The number of hydrogen-bond acceptors (Lipinski definition) is 4. The first-order valence-corrected chi connectivity index (χ1v) is 9.27. The Kier molecular flexibility index (Phi) is 5.91. The van der Waals surface area contributed by atoms with Crippen molar-refractivity contribution in [2.24, 2.45) is 0 Å². The Morgan fingerprint density at radius 1 is 0.840 bits per heavy atom. The molecular weight excluding hydrogens is 316 g/mol. The minimum Gasteiger partial charge on any atom is -0.369 e. The van der Waals surface area contributed by atoms with Crippen LogP contribution in [-0.2, 0) is 9.59 Å². The summed E-state index contributed by atoms with van der Waals surface area (Å²) >= 11 is 0. The predicted octanol–water partition coefficient (Wildman–Crippen LogP) is 1.78. The summed E-state index contributed by atoms with van der Waals surface area (Å²) in [6.45, 7) is 5.51. The van der Waals surface area contributed by atoms with Crippen LogP contribution in [0.25, 0.3) is 0 Å². The van der Waals surface area contributed by atoms with E-state index in [-0.39, 0.29) is 0 Å². The van der Waals surface area contributed by atoms with E-state index in [0.717, 1.165) is 57.5 Å². The Bertz CT molecular complexity index is 586. The quantitative estimate of drug-likeness (QED) is 0.831. The van der Waals surface area contributed by atoms with Gasteiger partial charge in [0.1, 0.15) is 0 Å². The molecular formula is C19H28N4O2. The summed E-state index contributed by atoms with van der Waals surface area (Å²) in [6.07, 6.45) is 4.25. The van der Waals surface area contributed by atoms with Gasteiger partial charge in [-0.25, -0.2) is 0 Å². The molecule has 1 N–H and O–H groups in total. The average Bonchev–Trinajstić information content (AvgIpc) is 2.92. The number of piperazine rings is 1. The van der Waals surface area contributed by atoms with Crippen LogP contribution in [-0.4, -0.2) is 67.9 Å². The van der Waals surface area contributed by atoms with Crippen LogP contribution in [0.5, 0.6) is 0 Å². The topological polar surface area (TPSA) is 55.9 Å². The van der Waals surface area contributed by atoms with Gasteiger partial charge in [0.25, 0.3) is 0 Å². The summed E-state index contributed by atoms with van der Waals surface area (Å²) in [5, 5.41) is 2.74. The lowest BCUT2D eigenvalue weighted by Crippen LogP contribution is -2.44. The molecule has 2 fully saturated rings. The second-order valence-corrected chi connectivity index (χ2v) is 7.00. The van der Waals surface area contributed by atoms with E-state index in [9.17, 15) is 9.59 Å². The molecule has 1 aromatic carbocycles. The van der Waals surface area contributed by atoms with Gasteiger partial charge >= 0.3 is 11.8 Å². The third kappa shape index (κ3) is 4.72. The van der Waals surface area contributed by atoms with Crippen LogP contribution < -0.4 is 10.2 Å². The number of anilines is 2. The van der Waals surface area contributed by atoms with Crippen molar-refractivity contribution in [3.05, 3.63) is 24.3 Å². The number of rotatable bonds is 2. The molecule has 2 amide bonds. The Balaban J connectivity index is 1.55. The Morgan fingerprint density at radius 2 is 1.44 bits per heavy atom. The second kappa shape index (κ2) is 8.34. The molecule has 0 unspecified atom stereocenters. The fraction of sp³-hybridized carbons (Fsp3) is 0.579. The van der Waals surface area contributed by atoms with Crippen molar-refractivity contribution in [1.29, 1.82) is 0 Å². The van der Waals surface area contributed by atoms with Crippen molar-refractivity contribution in [3.63, 3.8) is 0 Å². The summed E-state index contributed by atoms with van der Waals surface area (Å²) in [6, 6.07) is 7.78. The van der Waals surface area contributed by atoms with E-state index in [4.69, 9.17) is 0 Å². The van der Waals surface area contributed by atoms with Crippen LogP contribution in [0.3, 0.4) is 0 Å². The molecule has 6 heteroatoms. The minimum absolute atomic E-state index is 0.412. The SMILES string of the molecule is CN1CCN(c2ccc(NC(=O)C(=O)N3CCCCCC3)cc2)CC1. The van der Waals surface area contributed by atoms with Crippen LogP contribution in [0.2, 0.25) is 0 Å². The number of likely N-dealkylation sites (N-methyl/N-ethyl adjacent to an activating group) is 1. The van der Waals surface area contributed by atoms with Gasteiger partial charge in [0.05, 0.1) is 0 Å². The molecule has 2 saturated heterocycles. The first-order valence-electron chi connectivity index (χ1n) is 9.27. The van der Waals surface area contributed by atoms with Crippen molar-refractivity contribution in [3.8, 4) is 0 Å². The van der Waals surface area contributed by atoms with Crippen LogP contribution in [0.4, 0.5) is 11.4 Å².